The van der Waals surface area contributed by atoms with Gasteiger partial charge in [-0.25, -0.2) is 0 Å². The minimum atomic E-state index is -4.75. The molecule has 5 rings (SSSR count). The number of aryl methyl sites for hydroxylation is 1. The minimum Gasteiger partial charge on any atom is -0.497 e. The number of carbonyl (C=O) groups excluding carboxylic acids is 1. The Morgan fingerprint density at radius 2 is 1.83 bits per heavy atom. The van der Waals surface area contributed by atoms with E-state index < -0.39 is 24.0 Å². The summed E-state index contributed by atoms with van der Waals surface area (Å²) in [4.78, 5) is 15.6. The highest BCUT2D eigenvalue weighted by Gasteiger charge is 2.39. The van der Waals surface area contributed by atoms with Gasteiger partial charge >= 0.3 is 12.7 Å². The molecule has 1 aliphatic heterocycles. The third-order valence-corrected chi connectivity index (χ3v) is 7.58. The maximum atomic E-state index is 14.1. The van der Waals surface area contributed by atoms with Crippen LogP contribution in [0, 0.1) is 5.41 Å². The van der Waals surface area contributed by atoms with Gasteiger partial charge in [0.1, 0.15) is 5.75 Å². The maximum Gasteiger partial charge on any atom is 0.435 e. The second-order valence-corrected chi connectivity index (χ2v) is 10.1. The van der Waals surface area contributed by atoms with Gasteiger partial charge in [-0.2, -0.15) is 27.1 Å². The molecule has 0 aliphatic carbocycles. The lowest BCUT2D eigenvalue weighted by molar-refractivity contribution is -0.141. The topological polar surface area (TPSA) is 81.1 Å². The number of aromatic nitrogens is 4. The number of alkyl halides is 5. The first kappa shape index (κ1) is 29.1. The SMILES string of the molecule is CCn1cc(-c2cc(Cn3ccn(C(F)F)c3=N)cc3c2CCN([C@@H](C)c2cccc(OC)c2)C3=O)c(C(F)(F)F)n1. The molecule has 0 spiro atoms. The predicted molar refractivity (Wildman–Crippen MR) is 143 cm³/mol. The van der Waals surface area contributed by atoms with Crippen LogP contribution < -0.4 is 10.4 Å². The van der Waals surface area contributed by atoms with Crippen LogP contribution >= 0.6 is 0 Å². The highest BCUT2D eigenvalue weighted by molar-refractivity contribution is 5.99. The summed E-state index contributed by atoms with van der Waals surface area (Å²) in [5.74, 6) is 0.257. The number of hydrogen-bond donors (Lipinski definition) is 1. The van der Waals surface area contributed by atoms with Crippen LogP contribution in [0.5, 0.6) is 5.75 Å². The molecule has 4 aromatic rings. The number of imidazole rings is 1. The lowest BCUT2D eigenvalue weighted by Crippen LogP contribution is -2.39. The van der Waals surface area contributed by atoms with Gasteiger partial charge in [0.15, 0.2) is 5.69 Å². The van der Waals surface area contributed by atoms with Gasteiger partial charge in [0, 0.05) is 42.8 Å². The van der Waals surface area contributed by atoms with E-state index in [2.05, 4.69) is 5.10 Å². The van der Waals surface area contributed by atoms with Gasteiger partial charge in [0.25, 0.3) is 5.91 Å². The van der Waals surface area contributed by atoms with Gasteiger partial charge in [-0.15, -0.1) is 0 Å². The molecule has 2 aromatic carbocycles. The van der Waals surface area contributed by atoms with Crippen molar-refractivity contribution in [3.8, 4) is 16.9 Å². The van der Waals surface area contributed by atoms with Crippen LogP contribution in [-0.2, 0) is 25.7 Å². The van der Waals surface area contributed by atoms with E-state index in [-0.39, 0.29) is 54.7 Å². The van der Waals surface area contributed by atoms with Gasteiger partial charge < -0.3 is 14.2 Å². The summed E-state index contributed by atoms with van der Waals surface area (Å²) in [7, 11) is 1.54. The fourth-order valence-corrected chi connectivity index (χ4v) is 5.38. The normalized spacial score (nSPS) is 14.4. The number of amides is 1. The minimum absolute atomic E-state index is 0.110. The van der Waals surface area contributed by atoms with E-state index in [1.165, 1.54) is 27.7 Å². The van der Waals surface area contributed by atoms with E-state index in [4.69, 9.17) is 10.1 Å². The van der Waals surface area contributed by atoms with Gasteiger partial charge in [-0.1, -0.05) is 12.1 Å². The van der Waals surface area contributed by atoms with Crippen molar-refractivity contribution in [2.24, 2.45) is 0 Å². The molecule has 1 amide bonds. The van der Waals surface area contributed by atoms with Crippen molar-refractivity contribution >= 4 is 5.91 Å². The third-order valence-electron chi connectivity index (χ3n) is 7.58. The molecular formula is C29H29F5N6O2. The molecule has 3 heterocycles. The van der Waals surface area contributed by atoms with Crippen LogP contribution in [0.4, 0.5) is 22.0 Å². The number of rotatable bonds is 8. The predicted octanol–water partition coefficient (Wildman–Crippen LogP) is 5.88. The Balaban J connectivity index is 1.64. The molecule has 1 N–H and O–H groups in total. The highest BCUT2D eigenvalue weighted by atomic mass is 19.4. The van der Waals surface area contributed by atoms with E-state index in [9.17, 15) is 26.7 Å². The summed E-state index contributed by atoms with van der Waals surface area (Å²) in [5.41, 5.74) is 0.383. The molecule has 13 heteroatoms. The monoisotopic (exact) mass is 588 g/mol. The van der Waals surface area contributed by atoms with Crippen LogP contribution in [0.25, 0.3) is 11.1 Å². The van der Waals surface area contributed by atoms with Crippen molar-refractivity contribution in [3.05, 3.63) is 88.6 Å². The molecule has 0 saturated heterocycles. The average molecular weight is 589 g/mol. The zero-order chi connectivity index (χ0) is 30.3. The van der Waals surface area contributed by atoms with E-state index in [1.807, 2.05) is 25.1 Å². The summed E-state index contributed by atoms with van der Waals surface area (Å²) in [6.45, 7) is 0.966. The molecular weight excluding hydrogens is 559 g/mol. The summed E-state index contributed by atoms with van der Waals surface area (Å²) >= 11 is 0. The molecule has 42 heavy (non-hydrogen) atoms. The van der Waals surface area contributed by atoms with Crippen molar-refractivity contribution < 1.29 is 31.5 Å². The van der Waals surface area contributed by atoms with Crippen LogP contribution in [0.2, 0.25) is 0 Å². The second kappa shape index (κ2) is 11.1. The fourth-order valence-electron chi connectivity index (χ4n) is 5.38. The molecule has 0 saturated carbocycles. The van der Waals surface area contributed by atoms with Crippen molar-refractivity contribution in [2.45, 2.75) is 52.1 Å². The Labute approximate surface area is 238 Å². The Morgan fingerprint density at radius 3 is 2.48 bits per heavy atom. The van der Waals surface area contributed by atoms with Crippen LogP contribution in [-0.4, -0.2) is 43.4 Å². The van der Waals surface area contributed by atoms with Gasteiger partial charge in [0.2, 0.25) is 5.62 Å². The van der Waals surface area contributed by atoms with Crippen molar-refractivity contribution in [2.75, 3.05) is 13.7 Å². The number of ether oxygens (including phenoxy) is 1. The number of fused-ring (bicyclic) bond motifs is 1. The average Bonchev–Trinajstić information content (AvgIpc) is 3.57. The van der Waals surface area contributed by atoms with Gasteiger partial charge in [-0.3, -0.25) is 19.5 Å². The second-order valence-electron chi connectivity index (χ2n) is 10.1. The number of benzene rings is 2. The van der Waals surface area contributed by atoms with E-state index >= 15 is 0 Å². The number of hydrogen-bond acceptors (Lipinski definition) is 4. The zero-order valence-electron chi connectivity index (χ0n) is 23.1. The van der Waals surface area contributed by atoms with Crippen molar-refractivity contribution in [3.63, 3.8) is 0 Å². The molecule has 0 radical (unpaired) electrons. The Kier molecular flexibility index (Phi) is 7.69. The quantitative estimate of drug-likeness (QED) is 0.261. The first-order chi connectivity index (χ1) is 19.9. The molecule has 0 bridgehead atoms. The Morgan fingerprint density at radius 1 is 1.10 bits per heavy atom. The number of halogens is 5. The molecule has 222 valence electrons. The van der Waals surface area contributed by atoms with Crippen LogP contribution in [0.3, 0.4) is 0 Å². The molecule has 2 aromatic heterocycles. The van der Waals surface area contributed by atoms with Gasteiger partial charge in [0.05, 0.1) is 19.7 Å². The Hall–Kier alpha value is -4.42. The van der Waals surface area contributed by atoms with E-state index in [1.54, 1.807) is 31.1 Å². The first-order valence-corrected chi connectivity index (χ1v) is 13.3. The molecule has 1 aliphatic rings. The third kappa shape index (κ3) is 5.30. The van der Waals surface area contributed by atoms with Crippen molar-refractivity contribution in [1.29, 1.82) is 5.41 Å². The summed E-state index contributed by atoms with van der Waals surface area (Å²) in [5, 5.41) is 11.9. The lowest BCUT2D eigenvalue weighted by Gasteiger charge is -2.35. The first-order valence-electron chi connectivity index (χ1n) is 13.3. The lowest BCUT2D eigenvalue weighted by atomic mass is 9.87. The summed E-state index contributed by atoms with van der Waals surface area (Å²) in [6.07, 6.45) is -0.792. The van der Waals surface area contributed by atoms with Crippen LogP contribution in [0.15, 0.2) is 55.0 Å². The fraction of sp³-hybridized carbons (Fsp3) is 0.345. The molecule has 1 atom stereocenters. The Bertz CT molecular complexity index is 1690. The van der Waals surface area contributed by atoms with Gasteiger partial charge in [-0.05, 0) is 66.8 Å². The summed E-state index contributed by atoms with van der Waals surface area (Å²) < 4.78 is 77.2. The van der Waals surface area contributed by atoms with E-state index in [0.717, 1.165) is 11.8 Å². The number of nitrogens with one attached hydrogen (secondary N) is 1. The van der Waals surface area contributed by atoms with E-state index in [0.29, 0.717) is 21.4 Å². The van der Waals surface area contributed by atoms with Crippen molar-refractivity contribution in [1.82, 2.24) is 23.8 Å². The number of carbonyl (C=O) groups is 1. The standard InChI is InChI=1S/C29H29F5N6O2/c1-4-38-16-24(25(36-38)29(32,33)34)22-12-18(15-37-10-11-40(27(30)31)28(37)35)13-23-21(22)8-9-39(26(23)41)17(2)19-6-5-7-20(14-19)42-3/h5-7,10-14,16-17,27,35H,4,8-9,15H2,1-3H3/t17-/m0/s1. The number of nitrogens with zero attached hydrogens (tertiary/aromatic N) is 5. The zero-order valence-corrected chi connectivity index (χ0v) is 23.1. The molecule has 8 nitrogen and oxygen atoms in total. The van der Waals surface area contributed by atoms with Crippen LogP contribution in [0.1, 0.15) is 59.2 Å². The smallest absolute Gasteiger partial charge is 0.435 e. The summed E-state index contributed by atoms with van der Waals surface area (Å²) in [6, 6.07) is 10.0. The number of methoxy groups -OCH3 is 1. The molecule has 0 unspecified atom stereocenters. The maximum absolute atomic E-state index is 14.1. The highest BCUT2D eigenvalue weighted by Crippen LogP contribution is 2.41. The molecule has 0 fully saturated rings. The largest absolute Gasteiger partial charge is 0.497 e.